The highest BCUT2D eigenvalue weighted by Gasteiger charge is 2.41. The van der Waals surface area contributed by atoms with Crippen molar-refractivity contribution in [1.29, 1.82) is 0 Å². The van der Waals surface area contributed by atoms with Gasteiger partial charge in [0, 0.05) is 37.8 Å². The van der Waals surface area contributed by atoms with E-state index in [9.17, 15) is 14.4 Å². The molecule has 32 heavy (non-hydrogen) atoms. The Balaban J connectivity index is 1.23. The lowest BCUT2D eigenvalue weighted by molar-refractivity contribution is -0.154. The van der Waals surface area contributed by atoms with Crippen LogP contribution < -0.4 is 5.32 Å². The second kappa shape index (κ2) is 10.5. The molecule has 7 nitrogen and oxygen atoms in total. The number of likely N-dealkylation sites (tertiary alicyclic amines) is 1. The second-order valence-corrected chi connectivity index (χ2v) is 9.34. The number of nitrogens with one attached hydrogen (secondary N) is 1. The van der Waals surface area contributed by atoms with E-state index in [4.69, 9.17) is 0 Å². The number of nitrogens with zero attached hydrogens (tertiary/aromatic N) is 3. The van der Waals surface area contributed by atoms with E-state index in [2.05, 4.69) is 17.1 Å². The topological polar surface area (TPSA) is 73.0 Å². The number of benzene rings is 1. The molecule has 3 amide bonds. The number of carbonyl (C=O) groups excluding carboxylic acids is 3. The van der Waals surface area contributed by atoms with Crippen molar-refractivity contribution in [1.82, 2.24) is 20.0 Å². The van der Waals surface area contributed by atoms with Crippen LogP contribution in [-0.2, 0) is 16.1 Å². The molecule has 3 aliphatic rings. The van der Waals surface area contributed by atoms with Crippen molar-refractivity contribution in [2.45, 2.75) is 70.5 Å². The van der Waals surface area contributed by atoms with E-state index in [-0.39, 0.29) is 30.3 Å². The molecule has 1 aromatic rings. The Morgan fingerprint density at radius 3 is 2.66 bits per heavy atom. The van der Waals surface area contributed by atoms with Crippen molar-refractivity contribution in [3.05, 3.63) is 35.4 Å². The first-order valence-corrected chi connectivity index (χ1v) is 12.3. The summed E-state index contributed by atoms with van der Waals surface area (Å²) in [5.41, 5.74) is 1.56. The first-order valence-electron chi connectivity index (χ1n) is 12.3. The Hall–Kier alpha value is -2.41. The quantitative estimate of drug-likeness (QED) is 0.630. The minimum atomic E-state index is -0.279. The van der Waals surface area contributed by atoms with E-state index in [0.29, 0.717) is 31.2 Å². The highest BCUT2D eigenvalue weighted by Crippen LogP contribution is 2.25. The molecular formula is C25H36N4O3. The number of hydrogen-bond donors (Lipinski definition) is 1. The van der Waals surface area contributed by atoms with Gasteiger partial charge in [-0.1, -0.05) is 25.5 Å². The molecular weight excluding hydrogens is 404 g/mol. The van der Waals surface area contributed by atoms with E-state index in [0.717, 1.165) is 31.4 Å². The van der Waals surface area contributed by atoms with Gasteiger partial charge in [0.15, 0.2) is 0 Å². The molecule has 0 aromatic heterocycles. The number of rotatable bonds is 8. The summed E-state index contributed by atoms with van der Waals surface area (Å²) in [7, 11) is 0. The summed E-state index contributed by atoms with van der Waals surface area (Å²) in [5.74, 6) is 0.0221. The van der Waals surface area contributed by atoms with Gasteiger partial charge in [-0.15, -0.1) is 0 Å². The molecule has 1 aromatic carbocycles. The van der Waals surface area contributed by atoms with Crippen molar-refractivity contribution in [2.75, 3.05) is 32.7 Å². The lowest BCUT2D eigenvalue weighted by Crippen LogP contribution is -2.56. The molecule has 3 saturated heterocycles. The second-order valence-electron chi connectivity index (χ2n) is 9.34. The van der Waals surface area contributed by atoms with Gasteiger partial charge in [-0.25, -0.2) is 0 Å². The summed E-state index contributed by atoms with van der Waals surface area (Å²) < 4.78 is 0. The van der Waals surface area contributed by atoms with Gasteiger partial charge in [0.1, 0.15) is 12.6 Å². The van der Waals surface area contributed by atoms with Crippen LogP contribution in [0.15, 0.2) is 24.3 Å². The summed E-state index contributed by atoms with van der Waals surface area (Å²) in [5, 5.41) is 3.03. The first-order chi connectivity index (χ1) is 15.6. The summed E-state index contributed by atoms with van der Waals surface area (Å²) in [6.07, 6.45) is 7.74. The fourth-order valence-corrected chi connectivity index (χ4v) is 5.38. The molecule has 2 atom stereocenters. The van der Waals surface area contributed by atoms with Gasteiger partial charge in [-0.2, -0.15) is 0 Å². The third kappa shape index (κ3) is 5.14. The van der Waals surface area contributed by atoms with Gasteiger partial charge >= 0.3 is 0 Å². The number of piperazine rings is 1. The molecule has 0 saturated carbocycles. The van der Waals surface area contributed by atoms with Crippen LogP contribution in [0.5, 0.6) is 0 Å². The smallest absolute Gasteiger partial charge is 0.251 e. The average molecular weight is 441 g/mol. The molecule has 3 heterocycles. The number of hydrogen-bond acceptors (Lipinski definition) is 4. The predicted molar refractivity (Wildman–Crippen MR) is 123 cm³/mol. The Morgan fingerprint density at radius 1 is 1.06 bits per heavy atom. The van der Waals surface area contributed by atoms with Crippen LogP contribution in [0.25, 0.3) is 0 Å². The Labute approximate surface area is 191 Å². The van der Waals surface area contributed by atoms with Gasteiger partial charge in [0.05, 0.1) is 0 Å². The lowest BCUT2D eigenvalue weighted by atomic mass is 10.00. The standard InChI is InChI=1S/C25H36N4O3/c1-2-21-7-3-4-14-27(21)15-6-13-26-24(31)20-11-9-19(10-12-20)17-28-18-23(30)29-16-5-8-22(29)25(28)32/h9-12,21-22H,2-8,13-18H2,1H3,(H,26,31)/t21-,22-/m1/s1. The van der Waals surface area contributed by atoms with E-state index in [1.54, 1.807) is 21.9 Å². The number of piperidine rings is 1. The minimum Gasteiger partial charge on any atom is -0.352 e. The van der Waals surface area contributed by atoms with E-state index in [1.807, 2.05) is 12.1 Å². The normalized spacial score (nSPS) is 24.0. The van der Waals surface area contributed by atoms with E-state index in [1.165, 1.54) is 32.2 Å². The Kier molecular flexibility index (Phi) is 7.45. The van der Waals surface area contributed by atoms with E-state index >= 15 is 0 Å². The Bertz CT molecular complexity index is 825. The lowest BCUT2D eigenvalue weighted by Gasteiger charge is -2.36. The van der Waals surface area contributed by atoms with Crippen LogP contribution in [0.2, 0.25) is 0 Å². The van der Waals surface area contributed by atoms with Crippen LogP contribution >= 0.6 is 0 Å². The monoisotopic (exact) mass is 440 g/mol. The molecule has 0 aliphatic carbocycles. The van der Waals surface area contributed by atoms with Crippen LogP contribution in [-0.4, -0.2) is 77.2 Å². The van der Waals surface area contributed by atoms with Crippen molar-refractivity contribution >= 4 is 17.7 Å². The van der Waals surface area contributed by atoms with E-state index < -0.39 is 0 Å². The molecule has 0 spiro atoms. The molecule has 0 unspecified atom stereocenters. The summed E-state index contributed by atoms with van der Waals surface area (Å²) in [6, 6.07) is 7.80. The maximum Gasteiger partial charge on any atom is 0.251 e. The number of amides is 3. The summed E-state index contributed by atoms with van der Waals surface area (Å²) >= 11 is 0. The van der Waals surface area contributed by atoms with Crippen molar-refractivity contribution < 1.29 is 14.4 Å². The minimum absolute atomic E-state index is 0.0397. The summed E-state index contributed by atoms with van der Waals surface area (Å²) in [4.78, 5) is 43.4. The third-order valence-electron chi connectivity index (χ3n) is 7.21. The zero-order valence-corrected chi connectivity index (χ0v) is 19.2. The molecule has 3 aliphatic heterocycles. The average Bonchev–Trinajstić information content (AvgIpc) is 3.32. The van der Waals surface area contributed by atoms with Gasteiger partial charge in [-0.3, -0.25) is 14.4 Å². The maximum atomic E-state index is 12.7. The largest absolute Gasteiger partial charge is 0.352 e. The van der Waals surface area contributed by atoms with Crippen molar-refractivity contribution in [3.63, 3.8) is 0 Å². The van der Waals surface area contributed by atoms with Gasteiger partial charge in [-0.05, 0) is 62.8 Å². The summed E-state index contributed by atoms with van der Waals surface area (Å²) in [6.45, 7) is 6.41. The fraction of sp³-hybridized carbons (Fsp3) is 0.640. The maximum absolute atomic E-state index is 12.7. The molecule has 1 N–H and O–H groups in total. The zero-order chi connectivity index (χ0) is 22.5. The van der Waals surface area contributed by atoms with Crippen LogP contribution in [0.3, 0.4) is 0 Å². The van der Waals surface area contributed by atoms with Crippen LogP contribution in [0.4, 0.5) is 0 Å². The predicted octanol–water partition coefficient (Wildman–Crippen LogP) is 2.40. The third-order valence-corrected chi connectivity index (χ3v) is 7.21. The molecule has 4 rings (SSSR count). The highest BCUT2D eigenvalue weighted by atomic mass is 16.2. The Morgan fingerprint density at radius 2 is 1.88 bits per heavy atom. The SMILES string of the molecule is CC[C@@H]1CCCCN1CCCNC(=O)c1ccc(CN2CC(=O)N3CCC[C@@H]3C2=O)cc1. The highest BCUT2D eigenvalue weighted by molar-refractivity contribution is 5.95. The number of fused-ring (bicyclic) bond motifs is 1. The molecule has 174 valence electrons. The molecule has 3 fully saturated rings. The molecule has 0 radical (unpaired) electrons. The zero-order valence-electron chi connectivity index (χ0n) is 19.2. The molecule has 0 bridgehead atoms. The molecule has 7 heteroatoms. The van der Waals surface area contributed by atoms with Gasteiger partial charge < -0.3 is 20.0 Å². The van der Waals surface area contributed by atoms with Gasteiger partial charge in [0.2, 0.25) is 11.8 Å². The van der Waals surface area contributed by atoms with Crippen molar-refractivity contribution in [2.24, 2.45) is 0 Å². The number of carbonyl (C=O) groups is 3. The fourth-order valence-electron chi connectivity index (χ4n) is 5.38. The van der Waals surface area contributed by atoms with Crippen LogP contribution in [0.1, 0.15) is 67.8 Å². The van der Waals surface area contributed by atoms with Crippen molar-refractivity contribution in [3.8, 4) is 0 Å². The first kappa shape index (κ1) is 22.8. The van der Waals surface area contributed by atoms with Crippen LogP contribution in [0, 0.1) is 0 Å². The van der Waals surface area contributed by atoms with Gasteiger partial charge in [0.25, 0.3) is 5.91 Å².